The number of hydrogen-bond donors (Lipinski definition) is 0. The minimum absolute atomic E-state index is 0. The van der Waals surface area contributed by atoms with Crippen LogP contribution in [-0.2, 0) is 48.6 Å². The molecule has 3 aromatic rings. The maximum Gasteiger partial charge on any atom is 1.00 e. The van der Waals surface area contributed by atoms with E-state index in [1.54, 1.807) is 18.2 Å². The van der Waals surface area contributed by atoms with Gasteiger partial charge in [0, 0.05) is 4.90 Å². The summed E-state index contributed by atoms with van der Waals surface area (Å²) in [4.78, 5) is 25.0. The van der Waals surface area contributed by atoms with Crippen LogP contribution in [0.1, 0.15) is 19.3 Å². The van der Waals surface area contributed by atoms with Gasteiger partial charge in [0.2, 0.25) is 9.84 Å². The second kappa shape index (κ2) is 13.9. The molecule has 2 unspecified atom stereocenters. The quantitative estimate of drug-likeness (QED) is 0.131. The zero-order valence-electron chi connectivity index (χ0n) is 25.0. The van der Waals surface area contributed by atoms with Crippen molar-refractivity contribution in [2.24, 2.45) is 11.3 Å². The minimum Gasteiger partial charge on any atom is -0.468 e. The van der Waals surface area contributed by atoms with E-state index in [2.05, 4.69) is 6.58 Å². The molecule has 1 aliphatic carbocycles. The normalized spacial score (nSPS) is 19.8. The number of hydrogen-bond acceptors (Lipinski definition) is 10. The van der Waals surface area contributed by atoms with Crippen molar-refractivity contribution in [1.82, 2.24) is 0 Å². The Morgan fingerprint density at radius 3 is 1.60 bits per heavy atom. The monoisotopic (exact) mass is 682 g/mol. The molecule has 10 nitrogen and oxygen atoms in total. The molecule has 0 heterocycles. The summed E-state index contributed by atoms with van der Waals surface area (Å²) < 4.78 is 92.9. The first kappa shape index (κ1) is 36.7. The van der Waals surface area contributed by atoms with Crippen LogP contribution in [0.25, 0.3) is 0 Å². The third-order valence-electron chi connectivity index (χ3n) is 8.00. The van der Waals surface area contributed by atoms with Crippen molar-refractivity contribution in [1.29, 1.82) is 0 Å². The Morgan fingerprint density at radius 2 is 1.16 bits per heavy atom. The molecule has 0 amide bonds. The van der Waals surface area contributed by atoms with Crippen LogP contribution < -0.4 is 29.6 Å². The first-order valence-electron chi connectivity index (χ1n) is 13.3. The van der Waals surface area contributed by atoms with Crippen molar-refractivity contribution >= 4 is 41.5 Å². The fraction of sp³-hybridized carbons (Fsp3) is 0.258. The third kappa shape index (κ3) is 6.43. The van der Waals surface area contributed by atoms with Gasteiger partial charge in [0.1, 0.15) is 0 Å². The van der Waals surface area contributed by atoms with E-state index in [1.807, 2.05) is 0 Å². The molecule has 0 spiro atoms. The van der Waals surface area contributed by atoms with Crippen molar-refractivity contribution in [2.75, 3.05) is 14.2 Å². The molecule has 0 aliphatic heterocycles. The molecule has 2 atom stereocenters. The Bertz CT molecular complexity index is 1860. The molecule has 14 heteroatoms. The smallest absolute Gasteiger partial charge is 0.468 e. The van der Waals surface area contributed by atoms with Gasteiger partial charge < -0.3 is 9.47 Å². The fourth-order valence-electron chi connectivity index (χ4n) is 5.74. The zero-order valence-corrected chi connectivity index (χ0v) is 29.4. The van der Waals surface area contributed by atoms with E-state index >= 15 is 0 Å². The van der Waals surface area contributed by atoms with Crippen LogP contribution in [0, 0.1) is 17.1 Å². The average Bonchev–Trinajstić information content (AvgIpc) is 3.04. The van der Waals surface area contributed by atoms with Gasteiger partial charge in [0.05, 0.1) is 43.5 Å². The van der Waals surface area contributed by atoms with E-state index in [-0.39, 0.29) is 44.2 Å². The Labute approximate surface area is 285 Å². The Balaban J connectivity index is 0.00000552. The maximum atomic E-state index is 14.9. The van der Waals surface area contributed by atoms with E-state index in [0.29, 0.717) is 0 Å². The predicted molar refractivity (Wildman–Crippen MR) is 161 cm³/mol. The SMILES string of the molecule is C=C(C1(S(=O)(=O)c2ccccc2)CC(C(=O)OC)(C(=O)OC)CCC1[CH-]S(=O)(=O)c1ccccc1)S(=O)(=O)c1ccccc1.[Na+]. The summed E-state index contributed by atoms with van der Waals surface area (Å²) in [5, 5.41) is 0. The standard InChI is InChI=1S/C31H31O10S3.Na/c1-23(43(36,37)26-15-9-5-10-16-26)31(44(38,39)27-17-11-6-12-18-27)22-30(28(32)40-2,29(33)41-3)20-19-24(31)21-42(34,35)25-13-7-4-8-14-25;/h4-18,21,24H,1,19-20,22H2,2-3H3;/q-1;+1. The molecule has 234 valence electrons. The fourth-order valence-corrected chi connectivity index (χ4v) is 11.7. The molecule has 0 aromatic heterocycles. The molecule has 45 heavy (non-hydrogen) atoms. The maximum absolute atomic E-state index is 14.9. The first-order chi connectivity index (χ1) is 20.7. The Hall–Kier alpha value is -2.81. The van der Waals surface area contributed by atoms with Gasteiger partial charge in [-0.15, -0.1) is 5.92 Å². The summed E-state index contributed by atoms with van der Waals surface area (Å²) in [5.41, 5.74) is -2.32. The van der Waals surface area contributed by atoms with Crippen LogP contribution >= 0.6 is 0 Å². The number of ether oxygens (including phenoxy) is 2. The van der Waals surface area contributed by atoms with E-state index < -0.39 is 81.7 Å². The van der Waals surface area contributed by atoms with Crippen molar-refractivity contribution < 1.29 is 73.9 Å². The summed E-state index contributed by atoms with van der Waals surface area (Å²) >= 11 is 0. The number of carbonyl (C=O) groups excluding carboxylic acids is 2. The van der Waals surface area contributed by atoms with Gasteiger partial charge in [-0.3, -0.25) is 18.0 Å². The third-order valence-corrected chi connectivity index (χ3v) is 14.2. The number of sulfone groups is 3. The van der Waals surface area contributed by atoms with Crippen LogP contribution in [0.15, 0.2) is 117 Å². The number of methoxy groups -OCH3 is 2. The summed E-state index contributed by atoms with van der Waals surface area (Å²) in [6.45, 7) is 3.79. The molecule has 0 saturated heterocycles. The molecule has 0 N–H and O–H groups in total. The van der Waals surface area contributed by atoms with Gasteiger partial charge in [-0.25, -0.2) is 16.8 Å². The molecule has 1 saturated carbocycles. The van der Waals surface area contributed by atoms with Crippen LogP contribution in [0.5, 0.6) is 0 Å². The molecule has 0 bridgehead atoms. The first-order valence-corrected chi connectivity index (χ1v) is 17.8. The molecule has 3 aromatic carbocycles. The number of esters is 2. The van der Waals surface area contributed by atoms with E-state index in [1.165, 1.54) is 72.8 Å². The van der Waals surface area contributed by atoms with Crippen LogP contribution in [0.4, 0.5) is 0 Å². The molecule has 0 radical (unpaired) electrons. The van der Waals surface area contributed by atoms with Crippen molar-refractivity contribution in [3.8, 4) is 0 Å². The van der Waals surface area contributed by atoms with E-state index in [0.717, 1.165) is 20.0 Å². The predicted octanol–water partition coefficient (Wildman–Crippen LogP) is 0.959. The summed E-state index contributed by atoms with van der Waals surface area (Å²) in [5.74, 6) is -3.14. The number of rotatable bonds is 10. The van der Waals surface area contributed by atoms with Crippen LogP contribution in [0.3, 0.4) is 0 Å². The van der Waals surface area contributed by atoms with Crippen molar-refractivity contribution in [2.45, 2.75) is 38.7 Å². The van der Waals surface area contributed by atoms with Gasteiger partial charge in [-0.1, -0.05) is 67.6 Å². The second-order valence-corrected chi connectivity index (χ2v) is 16.3. The van der Waals surface area contributed by atoms with Crippen molar-refractivity contribution in [3.05, 3.63) is 108 Å². The molecule has 1 fully saturated rings. The van der Waals surface area contributed by atoms with Gasteiger partial charge in [0.15, 0.2) is 15.3 Å². The van der Waals surface area contributed by atoms with Crippen LogP contribution in [0.2, 0.25) is 0 Å². The number of carbonyl (C=O) groups is 2. The van der Waals surface area contributed by atoms with Gasteiger partial charge in [-0.05, 0) is 49.2 Å². The van der Waals surface area contributed by atoms with Gasteiger partial charge in [-0.2, -0.15) is 5.75 Å². The number of benzene rings is 3. The second-order valence-electron chi connectivity index (χ2n) is 10.3. The summed E-state index contributed by atoms with van der Waals surface area (Å²) in [6, 6.07) is 20.8. The van der Waals surface area contributed by atoms with Crippen LogP contribution in [-0.4, -0.2) is 56.2 Å². The van der Waals surface area contributed by atoms with E-state index in [9.17, 15) is 34.8 Å². The Kier molecular flexibility index (Phi) is 11.3. The summed E-state index contributed by atoms with van der Waals surface area (Å²) in [7, 11) is -12.1. The van der Waals surface area contributed by atoms with E-state index in [4.69, 9.17) is 9.47 Å². The average molecular weight is 683 g/mol. The molecule has 1 aliphatic rings. The summed E-state index contributed by atoms with van der Waals surface area (Å²) in [6.07, 6.45) is -1.86. The van der Waals surface area contributed by atoms with Gasteiger partial charge >= 0.3 is 41.5 Å². The topological polar surface area (TPSA) is 155 Å². The van der Waals surface area contributed by atoms with Gasteiger partial charge in [0.25, 0.3) is 0 Å². The Morgan fingerprint density at radius 1 is 0.733 bits per heavy atom. The molecule has 4 rings (SSSR count). The van der Waals surface area contributed by atoms with Crippen molar-refractivity contribution in [3.63, 3.8) is 0 Å². The minimum atomic E-state index is -4.96. The molecular weight excluding hydrogens is 652 g/mol. The molecular formula is C31H31NaO10S3. The zero-order chi connectivity index (χ0) is 32.4. The largest absolute Gasteiger partial charge is 1.00 e.